The maximum atomic E-state index is 3.58. The third-order valence-electron chi connectivity index (χ3n) is 3.36. The van der Waals surface area contributed by atoms with Gasteiger partial charge in [0.05, 0.1) is 10.2 Å². The molecule has 0 radical (unpaired) electrons. The van der Waals surface area contributed by atoms with Crippen molar-refractivity contribution in [3.05, 3.63) is 42.5 Å². The number of aromatic amines is 1. The lowest BCUT2D eigenvalue weighted by molar-refractivity contribution is 1.58. The van der Waals surface area contributed by atoms with Crippen LogP contribution in [0.4, 0.5) is 0 Å². The van der Waals surface area contributed by atoms with E-state index in [2.05, 4.69) is 55.3 Å². The Morgan fingerprint density at radius 1 is 0.882 bits per heavy atom. The highest BCUT2D eigenvalue weighted by atomic mass is 32.1. The van der Waals surface area contributed by atoms with Crippen molar-refractivity contribution in [1.82, 2.24) is 4.98 Å². The van der Waals surface area contributed by atoms with E-state index in [1.165, 1.54) is 36.7 Å². The molecule has 2 heterocycles. The molecule has 0 spiro atoms. The van der Waals surface area contributed by atoms with Crippen LogP contribution in [0.3, 0.4) is 0 Å². The van der Waals surface area contributed by atoms with Gasteiger partial charge in [-0.25, -0.2) is 0 Å². The Balaban J connectivity index is 2.33. The molecule has 1 nitrogen and oxygen atoms in total. The van der Waals surface area contributed by atoms with E-state index < -0.39 is 0 Å². The van der Waals surface area contributed by atoms with Crippen LogP contribution in [-0.2, 0) is 0 Å². The van der Waals surface area contributed by atoms with Gasteiger partial charge in [0.15, 0.2) is 0 Å². The molecule has 0 saturated carbocycles. The molecule has 0 atom stereocenters. The summed E-state index contributed by atoms with van der Waals surface area (Å²) in [5, 5.41) is 2.68. The van der Waals surface area contributed by atoms with Gasteiger partial charge in [0, 0.05) is 21.0 Å². The number of thiophene rings is 1. The lowest BCUT2D eigenvalue weighted by Crippen LogP contribution is -2.01. The van der Waals surface area contributed by atoms with Crippen molar-refractivity contribution in [3.63, 3.8) is 0 Å². The van der Waals surface area contributed by atoms with Gasteiger partial charge in [0.25, 0.3) is 0 Å². The largest absolute Gasteiger partial charge is 0.354 e. The highest BCUT2D eigenvalue weighted by molar-refractivity contribution is 7.26. The van der Waals surface area contributed by atoms with Crippen molar-refractivity contribution in [2.24, 2.45) is 0 Å². The first kappa shape index (κ1) is 9.31. The van der Waals surface area contributed by atoms with Crippen molar-refractivity contribution < 1.29 is 0 Å². The second-order valence-electron chi connectivity index (χ2n) is 4.42. The number of rotatable bonds is 0. The summed E-state index contributed by atoms with van der Waals surface area (Å²) >= 11 is 1.88. The topological polar surface area (TPSA) is 15.8 Å². The lowest BCUT2D eigenvalue weighted by atomic mass is 9.94. The normalized spacial score (nSPS) is 11.8. The van der Waals surface area contributed by atoms with E-state index in [1.54, 1.807) is 0 Å². The lowest BCUT2D eigenvalue weighted by Gasteiger charge is -1.94. The molecule has 0 aliphatic heterocycles. The molecule has 0 amide bonds. The zero-order valence-corrected chi connectivity index (χ0v) is 10.3. The van der Waals surface area contributed by atoms with Crippen molar-refractivity contribution in [1.29, 1.82) is 0 Å². The summed E-state index contributed by atoms with van der Waals surface area (Å²) in [4.78, 5) is 3.58. The van der Waals surface area contributed by atoms with Crippen LogP contribution in [0, 0.1) is 0 Å². The van der Waals surface area contributed by atoms with Crippen LogP contribution in [0.5, 0.6) is 0 Å². The van der Waals surface area contributed by atoms with Crippen LogP contribution in [0.1, 0.15) is 0 Å². The summed E-state index contributed by atoms with van der Waals surface area (Å²) in [7, 11) is 2.16. The van der Waals surface area contributed by atoms with E-state index in [0.717, 1.165) is 0 Å². The number of H-pyrrole nitrogens is 1. The van der Waals surface area contributed by atoms with Gasteiger partial charge in [-0.05, 0) is 6.07 Å². The summed E-state index contributed by atoms with van der Waals surface area (Å²) in [5.41, 5.74) is 3.88. The maximum Gasteiger partial charge on any atom is 0.142 e. The quantitative estimate of drug-likeness (QED) is 0.451. The van der Waals surface area contributed by atoms with Crippen LogP contribution < -0.4 is 5.46 Å². The van der Waals surface area contributed by atoms with Gasteiger partial charge >= 0.3 is 0 Å². The molecule has 80 valence electrons. The van der Waals surface area contributed by atoms with E-state index in [0.29, 0.717) is 0 Å². The average molecular weight is 235 g/mol. The molecule has 2 aromatic heterocycles. The van der Waals surface area contributed by atoms with Gasteiger partial charge in [0.2, 0.25) is 0 Å². The second kappa shape index (κ2) is 3.14. The first-order valence-corrected chi connectivity index (χ1v) is 6.55. The predicted octanol–water partition coefficient (Wildman–Crippen LogP) is 2.79. The molecule has 4 aromatic rings. The molecule has 3 heteroatoms. The minimum atomic E-state index is 1.28. The predicted molar refractivity (Wildman–Crippen MR) is 79.4 cm³/mol. The number of aromatic nitrogens is 1. The zero-order chi connectivity index (χ0) is 11.4. The molecule has 17 heavy (non-hydrogen) atoms. The van der Waals surface area contributed by atoms with E-state index in [4.69, 9.17) is 0 Å². The monoisotopic (exact) mass is 235 g/mol. The fourth-order valence-corrected chi connectivity index (χ4v) is 3.70. The minimum Gasteiger partial charge on any atom is -0.354 e. The van der Waals surface area contributed by atoms with Crippen LogP contribution in [0.2, 0.25) is 0 Å². The summed E-state index contributed by atoms with van der Waals surface area (Å²) in [5.74, 6) is 0. The van der Waals surface area contributed by atoms with E-state index >= 15 is 0 Å². The number of para-hydroxylation sites is 1. The molecule has 0 aliphatic rings. The van der Waals surface area contributed by atoms with E-state index in [9.17, 15) is 0 Å². The SMILES string of the molecule is Bc1cccc2c1[nH]c1c3ccccc3sc21. The van der Waals surface area contributed by atoms with Gasteiger partial charge in [-0.1, -0.05) is 41.9 Å². The van der Waals surface area contributed by atoms with Gasteiger partial charge in [0.1, 0.15) is 7.85 Å². The first-order valence-electron chi connectivity index (χ1n) is 5.73. The number of benzene rings is 2. The Kier molecular flexibility index (Phi) is 1.72. The number of hydrogen-bond acceptors (Lipinski definition) is 1. The third kappa shape index (κ3) is 1.15. The Morgan fingerprint density at radius 3 is 2.65 bits per heavy atom. The molecule has 0 fully saturated rings. The molecule has 0 saturated heterocycles. The van der Waals surface area contributed by atoms with Crippen LogP contribution in [-0.4, -0.2) is 12.8 Å². The minimum absolute atomic E-state index is 1.28. The zero-order valence-electron chi connectivity index (χ0n) is 9.45. The molecule has 1 N–H and O–H groups in total. The van der Waals surface area contributed by atoms with Crippen molar-refractivity contribution in [2.45, 2.75) is 0 Å². The van der Waals surface area contributed by atoms with Crippen molar-refractivity contribution in [3.8, 4) is 0 Å². The van der Waals surface area contributed by atoms with E-state index in [-0.39, 0.29) is 0 Å². The van der Waals surface area contributed by atoms with Crippen LogP contribution >= 0.6 is 11.3 Å². The average Bonchev–Trinajstić information content (AvgIpc) is 2.87. The van der Waals surface area contributed by atoms with Crippen LogP contribution in [0.15, 0.2) is 42.5 Å². The Bertz CT molecular complexity index is 856. The molecule has 0 aliphatic carbocycles. The fraction of sp³-hybridized carbons (Fsp3) is 0. The maximum absolute atomic E-state index is 3.58. The Labute approximate surface area is 103 Å². The van der Waals surface area contributed by atoms with Gasteiger partial charge in [-0.2, -0.15) is 0 Å². The number of nitrogens with one attached hydrogen (secondary N) is 1. The first-order chi connectivity index (χ1) is 8.34. The summed E-state index contributed by atoms with van der Waals surface area (Å²) in [6.07, 6.45) is 0. The molecule has 0 unspecified atom stereocenters. The van der Waals surface area contributed by atoms with Crippen molar-refractivity contribution >= 4 is 55.9 Å². The van der Waals surface area contributed by atoms with Crippen molar-refractivity contribution in [2.75, 3.05) is 0 Å². The number of fused-ring (bicyclic) bond motifs is 5. The standard InChI is InChI=1S/C14H10BNS/c15-10-6-3-5-9-12(10)16-13-8-4-1-2-7-11(8)17-14(9)13/h1-7,16H,15H2. The summed E-state index contributed by atoms with van der Waals surface area (Å²) in [6, 6.07) is 15.1. The summed E-state index contributed by atoms with van der Waals surface area (Å²) < 4.78 is 2.74. The molecule has 2 aromatic carbocycles. The molecular formula is C14H10BNS. The van der Waals surface area contributed by atoms with Gasteiger partial charge in [-0.3, -0.25) is 0 Å². The fourth-order valence-electron chi connectivity index (χ4n) is 2.51. The third-order valence-corrected chi connectivity index (χ3v) is 4.57. The Morgan fingerprint density at radius 2 is 1.71 bits per heavy atom. The highest BCUT2D eigenvalue weighted by Gasteiger charge is 2.11. The van der Waals surface area contributed by atoms with E-state index in [1.807, 2.05) is 11.3 Å². The molecular weight excluding hydrogens is 225 g/mol. The van der Waals surface area contributed by atoms with Gasteiger partial charge in [-0.15, -0.1) is 11.3 Å². The number of hydrogen-bond donors (Lipinski definition) is 1. The smallest absolute Gasteiger partial charge is 0.142 e. The van der Waals surface area contributed by atoms with Gasteiger partial charge < -0.3 is 4.98 Å². The summed E-state index contributed by atoms with van der Waals surface area (Å²) in [6.45, 7) is 0. The van der Waals surface area contributed by atoms with Crippen LogP contribution in [0.25, 0.3) is 31.2 Å². The molecule has 0 bridgehead atoms. The highest BCUT2D eigenvalue weighted by Crippen LogP contribution is 2.37. The Hall–Kier alpha value is -1.74. The second-order valence-corrected chi connectivity index (χ2v) is 5.48. The molecule has 4 rings (SSSR count).